The first kappa shape index (κ1) is 23.0. The minimum atomic E-state index is 0.00794. The van der Waals surface area contributed by atoms with Gasteiger partial charge in [0, 0.05) is 54.7 Å². The fraction of sp³-hybridized carbons (Fsp3) is 0.481. The highest BCUT2D eigenvalue weighted by atomic mass is 16.5. The lowest BCUT2D eigenvalue weighted by Gasteiger charge is -2.47. The van der Waals surface area contributed by atoms with Crippen LogP contribution in [0.15, 0.2) is 37.1 Å². The number of likely N-dealkylation sites (N-methyl/N-ethyl adjacent to an activating group) is 1. The Kier molecular flexibility index (Phi) is 5.67. The van der Waals surface area contributed by atoms with Crippen molar-refractivity contribution in [2.24, 2.45) is 5.41 Å². The number of aromatic nitrogens is 4. The van der Waals surface area contributed by atoms with Crippen LogP contribution in [0.3, 0.4) is 0 Å². The lowest BCUT2D eigenvalue weighted by Crippen LogP contribution is -2.59. The highest BCUT2D eigenvalue weighted by Gasteiger charge is 2.49. The normalized spacial score (nSPS) is 21.3. The highest BCUT2D eigenvalue weighted by molar-refractivity contribution is 5.95. The van der Waals surface area contributed by atoms with E-state index in [-0.39, 0.29) is 11.3 Å². The van der Waals surface area contributed by atoms with E-state index in [4.69, 9.17) is 14.7 Å². The van der Waals surface area contributed by atoms with Gasteiger partial charge < -0.3 is 19.4 Å². The molecule has 188 valence electrons. The van der Waals surface area contributed by atoms with Crippen LogP contribution in [-0.4, -0.2) is 88.3 Å². The minimum Gasteiger partial charge on any atom is -0.476 e. The van der Waals surface area contributed by atoms with Crippen molar-refractivity contribution in [3.8, 4) is 17.1 Å². The van der Waals surface area contributed by atoms with E-state index in [0.29, 0.717) is 24.5 Å². The van der Waals surface area contributed by atoms with Crippen molar-refractivity contribution in [2.75, 3.05) is 51.3 Å². The predicted octanol–water partition coefficient (Wildman–Crippen LogP) is 3.03. The fourth-order valence-corrected chi connectivity index (χ4v) is 6.01. The van der Waals surface area contributed by atoms with Crippen LogP contribution in [0.1, 0.15) is 24.8 Å². The van der Waals surface area contributed by atoms with Gasteiger partial charge in [0.2, 0.25) is 17.7 Å². The maximum atomic E-state index is 12.0. The van der Waals surface area contributed by atoms with Gasteiger partial charge in [-0.3, -0.25) is 9.89 Å². The van der Waals surface area contributed by atoms with Crippen LogP contribution in [-0.2, 0) is 4.79 Å². The maximum Gasteiger partial charge on any atom is 0.245 e. The summed E-state index contributed by atoms with van der Waals surface area (Å²) in [4.78, 5) is 28.4. The number of aromatic amines is 1. The summed E-state index contributed by atoms with van der Waals surface area (Å²) >= 11 is 0. The van der Waals surface area contributed by atoms with Gasteiger partial charge in [0.15, 0.2) is 0 Å². The molecule has 0 aliphatic carbocycles. The molecule has 0 bridgehead atoms. The Bertz CT molecular complexity index is 1310. The fourth-order valence-electron chi connectivity index (χ4n) is 6.01. The largest absolute Gasteiger partial charge is 0.476 e. The number of carbonyl (C=O) groups is 1. The smallest absolute Gasteiger partial charge is 0.245 e. The molecule has 9 heteroatoms. The molecule has 3 aliphatic rings. The van der Waals surface area contributed by atoms with Gasteiger partial charge in [-0.1, -0.05) is 12.6 Å². The molecular formula is C27H33N7O2. The molecule has 3 fully saturated rings. The van der Waals surface area contributed by atoms with Crippen LogP contribution in [0.2, 0.25) is 0 Å². The Labute approximate surface area is 211 Å². The predicted molar refractivity (Wildman–Crippen MR) is 139 cm³/mol. The van der Waals surface area contributed by atoms with Gasteiger partial charge in [-0.05, 0) is 57.5 Å². The number of benzene rings is 1. The van der Waals surface area contributed by atoms with Gasteiger partial charge in [0.1, 0.15) is 6.61 Å². The van der Waals surface area contributed by atoms with Gasteiger partial charge in [0.05, 0.1) is 17.4 Å². The van der Waals surface area contributed by atoms with Crippen molar-refractivity contribution in [1.29, 1.82) is 0 Å². The van der Waals surface area contributed by atoms with E-state index in [2.05, 4.69) is 46.6 Å². The number of ether oxygens (including phenoxy) is 1. The zero-order valence-corrected chi connectivity index (χ0v) is 21.0. The van der Waals surface area contributed by atoms with E-state index in [9.17, 15) is 4.79 Å². The lowest BCUT2D eigenvalue weighted by atomic mass is 9.79. The van der Waals surface area contributed by atoms with Crippen LogP contribution in [0.4, 0.5) is 5.95 Å². The van der Waals surface area contributed by atoms with Crippen molar-refractivity contribution in [3.63, 3.8) is 0 Å². The number of amides is 1. The molecule has 3 aromatic rings. The molecule has 9 nitrogen and oxygen atoms in total. The van der Waals surface area contributed by atoms with Gasteiger partial charge in [-0.25, -0.2) is 4.98 Å². The lowest BCUT2D eigenvalue weighted by molar-refractivity contribution is -0.136. The molecule has 1 spiro atoms. The van der Waals surface area contributed by atoms with E-state index in [1.54, 1.807) is 0 Å². The molecule has 0 saturated carbocycles. The molecular weight excluding hydrogens is 454 g/mol. The summed E-state index contributed by atoms with van der Waals surface area (Å²) in [5.74, 6) is 1.30. The van der Waals surface area contributed by atoms with Crippen molar-refractivity contribution >= 4 is 22.8 Å². The number of likely N-dealkylation sites (tertiary alicyclic amines) is 2. The molecule has 0 unspecified atom stereocenters. The summed E-state index contributed by atoms with van der Waals surface area (Å²) in [6.07, 6.45) is 6.62. The molecule has 1 N–H and O–H groups in total. The van der Waals surface area contributed by atoms with Crippen molar-refractivity contribution in [3.05, 3.63) is 42.6 Å². The third-order valence-corrected chi connectivity index (χ3v) is 8.13. The first-order chi connectivity index (χ1) is 17.4. The van der Waals surface area contributed by atoms with Gasteiger partial charge in [-0.2, -0.15) is 10.1 Å². The first-order valence-electron chi connectivity index (χ1n) is 12.8. The van der Waals surface area contributed by atoms with Crippen LogP contribution in [0, 0.1) is 12.3 Å². The Morgan fingerprint density at radius 1 is 1.28 bits per heavy atom. The molecule has 1 aromatic carbocycles. The Morgan fingerprint density at radius 2 is 2.14 bits per heavy atom. The summed E-state index contributed by atoms with van der Waals surface area (Å²) in [6.45, 7) is 10.7. The highest BCUT2D eigenvalue weighted by Crippen LogP contribution is 2.41. The minimum absolute atomic E-state index is 0.00794. The molecule has 3 saturated heterocycles. The number of nitrogens with one attached hydrogen (secondary N) is 1. The van der Waals surface area contributed by atoms with Crippen molar-refractivity contribution in [2.45, 2.75) is 32.2 Å². The number of H-pyrrole nitrogens is 1. The molecule has 0 radical (unpaired) electrons. The zero-order valence-electron chi connectivity index (χ0n) is 21.0. The van der Waals surface area contributed by atoms with Crippen LogP contribution >= 0.6 is 0 Å². The Morgan fingerprint density at radius 3 is 2.92 bits per heavy atom. The van der Waals surface area contributed by atoms with Crippen molar-refractivity contribution < 1.29 is 9.53 Å². The molecule has 1 amide bonds. The average molecular weight is 488 g/mol. The van der Waals surface area contributed by atoms with E-state index >= 15 is 0 Å². The molecule has 36 heavy (non-hydrogen) atoms. The quantitative estimate of drug-likeness (QED) is 0.535. The standard InChI is InChI=1S/C27H33N7O2/c1-4-24(35)34-16-27(17-34)9-11-33(15-27)26-29-22(25-18(2)7-8-21-20(25)13-28-31-21)12-23(30-26)36-14-19-6-5-10-32(19)3/h4,7-8,12-13,19H,1,5-6,9-11,14-17H2,2-3H3,(H,28,31)/t19-/m0/s1. The second kappa shape index (κ2) is 8.89. The molecule has 3 aliphatic heterocycles. The van der Waals surface area contributed by atoms with E-state index in [0.717, 1.165) is 73.3 Å². The number of anilines is 1. The third-order valence-electron chi connectivity index (χ3n) is 8.13. The van der Waals surface area contributed by atoms with Crippen LogP contribution in [0.25, 0.3) is 22.2 Å². The Hall–Kier alpha value is -3.46. The summed E-state index contributed by atoms with van der Waals surface area (Å²) in [5, 5.41) is 8.37. The first-order valence-corrected chi connectivity index (χ1v) is 12.8. The molecule has 6 rings (SSSR count). The monoisotopic (exact) mass is 487 g/mol. The third kappa shape index (κ3) is 4.01. The number of rotatable bonds is 6. The summed E-state index contributed by atoms with van der Waals surface area (Å²) in [5.41, 5.74) is 4.11. The van der Waals surface area contributed by atoms with Crippen LogP contribution < -0.4 is 9.64 Å². The second-order valence-corrected chi connectivity index (χ2v) is 10.6. The van der Waals surface area contributed by atoms with E-state index in [1.807, 2.05) is 23.2 Å². The SMILES string of the molecule is C=CC(=O)N1CC2(CCN(c3nc(OC[C@@H]4CCCN4C)cc(-c4c(C)ccc5[nH]ncc45)n3)C2)C1. The summed E-state index contributed by atoms with van der Waals surface area (Å²) < 4.78 is 6.30. The number of fused-ring (bicyclic) bond motifs is 1. The Balaban J connectivity index is 1.32. The number of carbonyl (C=O) groups excluding carboxylic acids is 1. The zero-order chi connectivity index (χ0) is 24.9. The molecule has 2 aromatic heterocycles. The van der Waals surface area contributed by atoms with E-state index in [1.165, 1.54) is 12.5 Å². The van der Waals surface area contributed by atoms with Crippen molar-refractivity contribution in [1.82, 2.24) is 30.0 Å². The number of aryl methyl sites for hydroxylation is 1. The van der Waals surface area contributed by atoms with Crippen LogP contribution in [0.5, 0.6) is 5.88 Å². The maximum absolute atomic E-state index is 12.0. The topological polar surface area (TPSA) is 90.5 Å². The van der Waals surface area contributed by atoms with Gasteiger partial charge in [-0.15, -0.1) is 0 Å². The number of hydrogen-bond donors (Lipinski definition) is 1. The van der Waals surface area contributed by atoms with Gasteiger partial charge >= 0.3 is 0 Å². The molecule has 1 atom stereocenters. The number of hydrogen-bond acceptors (Lipinski definition) is 7. The summed E-state index contributed by atoms with van der Waals surface area (Å²) in [6, 6.07) is 6.51. The summed E-state index contributed by atoms with van der Waals surface area (Å²) in [7, 11) is 2.16. The second-order valence-electron chi connectivity index (χ2n) is 10.6. The van der Waals surface area contributed by atoms with E-state index < -0.39 is 0 Å². The number of nitrogens with zero attached hydrogens (tertiary/aromatic N) is 6. The average Bonchev–Trinajstić information content (AvgIpc) is 3.60. The van der Waals surface area contributed by atoms with Gasteiger partial charge in [0.25, 0.3) is 0 Å². The molecule has 5 heterocycles.